The molecule has 0 atom stereocenters. The van der Waals surface area contributed by atoms with Crippen molar-refractivity contribution in [3.63, 3.8) is 0 Å². The molecule has 1 aliphatic rings. The van der Waals surface area contributed by atoms with Crippen molar-refractivity contribution < 1.29 is 2.85 Å². The van der Waals surface area contributed by atoms with Crippen molar-refractivity contribution in [1.82, 2.24) is 9.13 Å². The van der Waals surface area contributed by atoms with E-state index >= 15 is 0 Å². The number of fused-ring (bicyclic) bond motifs is 7. The van der Waals surface area contributed by atoms with Gasteiger partial charge in [-0.2, -0.15) is 22.9 Å². The Labute approximate surface area is 527 Å². The summed E-state index contributed by atoms with van der Waals surface area (Å²) in [5, 5.41) is 12.3. The molecule has 0 amide bonds. The van der Waals surface area contributed by atoms with Gasteiger partial charge in [-0.1, -0.05) is 218 Å². The maximum absolute atomic E-state index is 5.57. The molecule has 14 aromatic rings. The van der Waals surface area contributed by atoms with Gasteiger partial charge in [0.25, 0.3) is 0 Å². The van der Waals surface area contributed by atoms with Gasteiger partial charge in [-0.15, -0.1) is 0 Å². The van der Waals surface area contributed by atoms with Crippen LogP contribution < -0.4 is 31.2 Å². The minimum atomic E-state index is -0.397. The fourth-order valence-electron chi connectivity index (χ4n) is 11.4. The number of hydrogen-bond donors (Lipinski definition) is 2. The Balaban J connectivity index is 0.000000162. The molecule has 3 heterocycles. The largest absolute Gasteiger partial charge is 2.00 e. The van der Waals surface area contributed by atoms with E-state index in [2.05, 4.69) is 290 Å². The number of hydrogen-bond acceptors (Lipinski definition) is 4. The zero-order chi connectivity index (χ0) is 55.2. The van der Waals surface area contributed by atoms with Crippen LogP contribution in [0.1, 0.15) is 2.85 Å². The molecule has 83 heavy (non-hydrogen) atoms. The van der Waals surface area contributed by atoms with Gasteiger partial charge in [0.2, 0.25) is 0 Å². The van der Waals surface area contributed by atoms with Crippen LogP contribution in [0.15, 0.2) is 315 Å². The molecule has 0 unspecified atom stereocenters. The average molecular weight is 1140 g/mol. The molecule has 1 aliphatic heterocycles. The molecule has 0 bridgehead atoms. The van der Waals surface area contributed by atoms with E-state index < -0.39 is 5.54 Å². The van der Waals surface area contributed by atoms with Gasteiger partial charge in [0.05, 0.1) is 56.2 Å². The first-order chi connectivity index (χ1) is 40.6. The maximum Gasteiger partial charge on any atom is 2.00 e. The standard InChI is InChI=1S/C36H26BN3.C30H23N3.C6H5BCl2.Ca.2H/c1-4-15-27(16-5-1)37-39(28-17-6-2-7-18-28)35-26-14-25-34(36(35)40(37)29-19-8-3-9-20-29)38-32-23-12-10-21-30(32)31-22-11-13-24-33(31)38;1-3-12-22(13-4-1)31-26-18-11-21-29(30(26)32-23-14-5-2-6-15-23)33-27-19-9-7-16-24(27)25-17-8-10-20-28(25)33;8-7(9)6-4-2-1-3-5-6;;;/h1-26H;1-21,31-32H;1-5H;;;/q;;;+2;2*-1. The van der Waals surface area contributed by atoms with Gasteiger partial charge in [0, 0.05) is 44.3 Å². The summed E-state index contributed by atoms with van der Waals surface area (Å²) in [6.45, 7) is -0.0600. The van der Waals surface area contributed by atoms with Crippen molar-refractivity contribution in [3.8, 4) is 11.4 Å². The molecule has 0 saturated heterocycles. The number of halogens is 2. The minimum absolute atomic E-state index is 0. The molecule has 2 aromatic heterocycles. The summed E-state index contributed by atoms with van der Waals surface area (Å²) in [7, 11) is 0. The molecule has 0 fully saturated rings. The van der Waals surface area contributed by atoms with E-state index in [9.17, 15) is 0 Å². The first-order valence-corrected chi connectivity index (χ1v) is 28.4. The van der Waals surface area contributed by atoms with Crippen molar-refractivity contribution in [2.45, 2.75) is 0 Å². The van der Waals surface area contributed by atoms with Crippen molar-refractivity contribution in [2.75, 3.05) is 20.3 Å². The van der Waals surface area contributed by atoms with E-state index in [1.54, 1.807) is 0 Å². The van der Waals surface area contributed by atoms with E-state index in [4.69, 9.17) is 22.9 Å². The fraction of sp³-hybridized carbons (Fsp3) is 0. The van der Waals surface area contributed by atoms with Crippen molar-refractivity contribution in [1.29, 1.82) is 0 Å². The summed E-state index contributed by atoms with van der Waals surface area (Å²) in [6, 6.07) is 110. The summed E-state index contributed by atoms with van der Waals surface area (Å²) < 4.78 is 4.79. The number of anilines is 8. The molecule has 6 nitrogen and oxygen atoms in total. The predicted octanol–water partition coefficient (Wildman–Crippen LogP) is 18.4. The summed E-state index contributed by atoms with van der Waals surface area (Å²) in [5.74, 6) is 0. The second-order valence-electron chi connectivity index (χ2n) is 20.0. The zero-order valence-corrected chi connectivity index (χ0v) is 49.1. The SMILES string of the molecule is ClB(Cl)c1ccccc1.[Ca+2].[H-].[H-].c1ccc(B2N(c3ccccc3)c3cccc(-n4c5ccccc5c5ccccc54)c3N2c2ccccc2)cc1.c1ccc(Nc2cccc(-n3c4ccccc4c4ccccc43)c2Nc2ccccc2)cc1. The van der Waals surface area contributed by atoms with Crippen LogP contribution in [-0.4, -0.2) is 59.4 Å². The molecular formula is C72H56B2CaCl2N6. The number of nitrogens with zero attached hydrogens (tertiary/aromatic N) is 4. The molecule has 0 aliphatic carbocycles. The van der Waals surface area contributed by atoms with Gasteiger partial charge in [-0.25, -0.2) is 0 Å². The number of para-hydroxylation sites is 10. The topological polar surface area (TPSA) is 40.4 Å². The molecule has 0 saturated carbocycles. The van der Waals surface area contributed by atoms with E-state index in [1.807, 2.05) is 54.6 Å². The van der Waals surface area contributed by atoms with Crippen molar-refractivity contribution in [2.24, 2.45) is 0 Å². The third-order valence-corrected chi connectivity index (χ3v) is 15.5. The Kier molecular flexibility index (Phi) is 16.7. The normalized spacial score (nSPS) is 11.6. The Hall–Kier alpha value is -8.59. The van der Waals surface area contributed by atoms with E-state index in [0.717, 1.165) is 51.0 Å². The van der Waals surface area contributed by atoms with Gasteiger partial charge in [-0.3, -0.25) is 0 Å². The second-order valence-corrected chi connectivity index (χ2v) is 21.1. The molecule has 396 valence electrons. The van der Waals surface area contributed by atoms with E-state index in [0.29, 0.717) is 0 Å². The maximum atomic E-state index is 5.57. The third kappa shape index (κ3) is 11.1. The van der Waals surface area contributed by atoms with Crippen LogP contribution >= 0.6 is 22.9 Å². The van der Waals surface area contributed by atoms with Gasteiger partial charge >= 0.3 is 50.3 Å². The van der Waals surface area contributed by atoms with Crippen LogP contribution in [0.2, 0.25) is 0 Å². The first kappa shape index (κ1) is 55.0. The number of nitrogens with one attached hydrogen (secondary N) is 2. The molecular weight excluding hydrogens is 1080 g/mol. The third-order valence-electron chi connectivity index (χ3n) is 15.0. The summed E-state index contributed by atoms with van der Waals surface area (Å²) in [6.07, 6.45) is 0. The van der Waals surface area contributed by atoms with Crippen LogP contribution in [0.4, 0.5) is 45.5 Å². The van der Waals surface area contributed by atoms with Crippen LogP contribution in [-0.2, 0) is 0 Å². The second kappa shape index (κ2) is 25.3. The Morgan fingerprint density at radius 1 is 0.325 bits per heavy atom. The molecule has 0 spiro atoms. The quantitative estimate of drug-likeness (QED) is 0.134. The van der Waals surface area contributed by atoms with Gasteiger partial charge in [-0.05, 0) is 108 Å². The Morgan fingerprint density at radius 2 is 0.687 bits per heavy atom. The van der Waals surface area contributed by atoms with Crippen molar-refractivity contribution in [3.05, 3.63) is 315 Å². The van der Waals surface area contributed by atoms with Gasteiger partial charge in [0.1, 0.15) is 0 Å². The molecule has 15 rings (SSSR count). The van der Waals surface area contributed by atoms with Crippen LogP contribution in [0.25, 0.3) is 55.0 Å². The number of benzene rings is 12. The smallest absolute Gasteiger partial charge is 1.00 e. The van der Waals surface area contributed by atoms with Crippen LogP contribution in [0.3, 0.4) is 0 Å². The Morgan fingerprint density at radius 3 is 1.16 bits per heavy atom. The first-order valence-electron chi connectivity index (χ1n) is 27.5. The minimum Gasteiger partial charge on any atom is -1.00 e. The molecule has 11 heteroatoms. The Bertz CT molecular complexity index is 4370. The molecule has 2 N–H and O–H groups in total. The van der Waals surface area contributed by atoms with E-state index in [1.165, 1.54) is 60.4 Å². The van der Waals surface area contributed by atoms with Crippen molar-refractivity contribution >= 4 is 173 Å². The predicted molar refractivity (Wildman–Crippen MR) is 362 cm³/mol. The van der Waals surface area contributed by atoms with Gasteiger partial charge in [0.15, 0.2) is 0 Å². The number of rotatable bonds is 10. The van der Waals surface area contributed by atoms with Gasteiger partial charge < -0.3 is 32.2 Å². The molecule has 12 aromatic carbocycles. The summed E-state index contributed by atoms with van der Waals surface area (Å²) in [5.41, 5.74) is 17.7. The monoisotopic (exact) mass is 1140 g/mol. The summed E-state index contributed by atoms with van der Waals surface area (Å²) in [4.78, 5) is 4.99. The fourth-order valence-corrected chi connectivity index (χ4v) is 11.7. The number of aromatic nitrogens is 2. The summed E-state index contributed by atoms with van der Waals surface area (Å²) >= 11 is 11.1. The van der Waals surface area contributed by atoms with Crippen LogP contribution in [0.5, 0.6) is 0 Å². The molecule has 0 radical (unpaired) electrons. The van der Waals surface area contributed by atoms with E-state index in [-0.39, 0.29) is 47.6 Å². The average Bonchev–Trinajstić information content (AvgIpc) is 2.91. The van der Waals surface area contributed by atoms with Crippen LogP contribution in [0, 0.1) is 0 Å². The zero-order valence-electron chi connectivity index (χ0n) is 47.4.